The summed E-state index contributed by atoms with van der Waals surface area (Å²) < 4.78 is 0. The van der Waals surface area contributed by atoms with Crippen LogP contribution in [0.5, 0.6) is 0 Å². The van der Waals surface area contributed by atoms with Gasteiger partial charge in [0, 0.05) is 5.92 Å². The first-order chi connectivity index (χ1) is 6.99. The van der Waals surface area contributed by atoms with Crippen LogP contribution in [0.2, 0.25) is 0 Å². The van der Waals surface area contributed by atoms with E-state index in [1.165, 1.54) is 6.92 Å². The summed E-state index contributed by atoms with van der Waals surface area (Å²) in [4.78, 5) is 0. The second-order valence-corrected chi connectivity index (χ2v) is 6.67. The molecule has 0 aliphatic heterocycles. The molecule has 0 bridgehead atoms. The molecule has 0 fully saturated rings. The Morgan fingerprint density at radius 1 is 0.812 bits per heavy atom. The van der Waals surface area contributed by atoms with Gasteiger partial charge in [-0.15, -0.1) is 0 Å². The zero-order valence-electron chi connectivity index (χ0n) is 12.0. The van der Waals surface area contributed by atoms with Crippen LogP contribution in [0, 0.1) is 23.2 Å². The highest BCUT2D eigenvalue weighted by Crippen LogP contribution is 2.44. The minimum Gasteiger partial charge on any atom is -0.366 e. The molecule has 0 rings (SSSR count). The molecule has 0 aromatic rings. The Hall–Kier alpha value is -0.0800. The van der Waals surface area contributed by atoms with Crippen molar-refractivity contribution in [2.45, 2.75) is 67.1 Å². The summed E-state index contributed by atoms with van der Waals surface area (Å²) >= 11 is 0. The average Bonchev–Trinajstić information content (AvgIpc) is 1.97. The molecule has 0 aliphatic rings. The van der Waals surface area contributed by atoms with E-state index in [1.54, 1.807) is 0 Å². The zero-order chi connectivity index (χ0) is 13.1. The first-order valence-electron chi connectivity index (χ1n) is 6.43. The van der Waals surface area contributed by atoms with E-state index in [4.69, 9.17) is 0 Å². The molecule has 0 radical (unpaired) electrons. The quantitative estimate of drug-likeness (QED) is 0.686. The monoisotopic (exact) mass is 230 g/mol. The fourth-order valence-electron chi connectivity index (χ4n) is 2.96. The number of hydrogen-bond acceptors (Lipinski definition) is 2. The van der Waals surface area contributed by atoms with Gasteiger partial charge in [0.25, 0.3) is 0 Å². The predicted octanol–water partition coefficient (Wildman–Crippen LogP) is 3.42. The maximum atomic E-state index is 9.80. The third kappa shape index (κ3) is 4.84. The standard InChI is InChI=1S/C14H30O2/c1-10(2)8-13(6,9-11(3)4)12(5)14(7,15)16/h10-12,15-16H,8-9H2,1-7H3. The molecule has 0 amide bonds. The van der Waals surface area contributed by atoms with Gasteiger partial charge in [-0.3, -0.25) is 0 Å². The summed E-state index contributed by atoms with van der Waals surface area (Å²) in [6.45, 7) is 14.4. The Morgan fingerprint density at radius 2 is 1.12 bits per heavy atom. The highest BCUT2D eigenvalue weighted by molar-refractivity contribution is 4.87. The van der Waals surface area contributed by atoms with Gasteiger partial charge in [-0.2, -0.15) is 0 Å². The van der Waals surface area contributed by atoms with Crippen molar-refractivity contribution in [1.29, 1.82) is 0 Å². The number of rotatable bonds is 6. The summed E-state index contributed by atoms with van der Waals surface area (Å²) in [5, 5.41) is 19.6. The van der Waals surface area contributed by atoms with Crippen LogP contribution in [0.4, 0.5) is 0 Å². The lowest BCUT2D eigenvalue weighted by Crippen LogP contribution is -2.44. The van der Waals surface area contributed by atoms with Gasteiger partial charge in [0.15, 0.2) is 5.79 Å². The zero-order valence-corrected chi connectivity index (χ0v) is 12.0. The molecule has 0 aliphatic carbocycles. The molecule has 1 atom stereocenters. The number of hydrogen-bond donors (Lipinski definition) is 2. The van der Waals surface area contributed by atoms with Gasteiger partial charge in [-0.05, 0) is 37.0 Å². The molecular formula is C14H30O2. The molecule has 2 N–H and O–H groups in total. The fourth-order valence-corrected chi connectivity index (χ4v) is 2.96. The Bertz CT molecular complexity index is 191. The van der Waals surface area contributed by atoms with Gasteiger partial charge < -0.3 is 10.2 Å². The summed E-state index contributed by atoms with van der Waals surface area (Å²) in [5.74, 6) is -0.551. The number of aliphatic hydroxyl groups is 2. The molecule has 0 heterocycles. The predicted molar refractivity (Wildman–Crippen MR) is 69.0 cm³/mol. The van der Waals surface area contributed by atoms with Crippen molar-refractivity contribution in [2.24, 2.45) is 23.2 Å². The minimum atomic E-state index is -1.58. The van der Waals surface area contributed by atoms with E-state index in [0.717, 1.165) is 12.8 Å². The van der Waals surface area contributed by atoms with Crippen molar-refractivity contribution < 1.29 is 10.2 Å². The highest BCUT2D eigenvalue weighted by atomic mass is 16.5. The Kier molecular flexibility index (Phi) is 5.48. The molecular weight excluding hydrogens is 200 g/mol. The normalized spacial score (nSPS) is 15.9. The smallest absolute Gasteiger partial charge is 0.162 e. The van der Waals surface area contributed by atoms with Gasteiger partial charge in [0.05, 0.1) is 0 Å². The van der Waals surface area contributed by atoms with Crippen LogP contribution in [0.1, 0.15) is 61.3 Å². The van der Waals surface area contributed by atoms with Crippen LogP contribution in [0.15, 0.2) is 0 Å². The SMILES string of the molecule is CC(C)CC(C)(CC(C)C)C(C)C(C)(O)O. The summed E-state index contributed by atoms with van der Waals surface area (Å²) in [6, 6.07) is 0. The summed E-state index contributed by atoms with van der Waals surface area (Å²) in [7, 11) is 0. The van der Waals surface area contributed by atoms with Crippen molar-refractivity contribution in [3.05, 3.63) is 0 Å². The third-order valence-electron chi connectivity index (χ3n) is 3.61. The molecule has 0 saturated carbocycles. The van der Waals surface area contributed by atoms with E-state index < -0.39 is 5.79 Å². The maximum Gasteiger partial charge on any atom is 0.162 e. The molecule has 0 aromatic heterocycles. The molecule has 1 unspecified atom stereocenters. The van der Waals surface area contributed by atoms with Crippen molar-refractivity contribution >= 4 is 0 Å². The summed E-state index contributed by atoms with van der Waals surface area (Å²) in [6.07, 6.45) is 2.06. The first kappa shape index (κ1) is 15.9. The van der Waals surface area contributed by atoms with E-state index in [1.807, 2.05) is 6.92 Å². The van der Waals surface area contributed by atoms with E-state index in [2.05, 4.69) is 34.6 Å². The Balaban J connectivity index is 4.91. The Labute approximate surface area is 101 Å². The lowest BCUT2D eigenvalue weighted by molar-refractivity contribution is -0.211. The van der Waals surface area contributed by atoms with Gasteiger partial charge in [0.1, 0.15) is 0 Å². The van der Waals surface area contributed by atoms with Crippen molar-refractivity contribution in [1.82, 2.24) is 0 Å². The van der Waals surface area contributed by atoms with Crippen molar-refractivity contribution in [3.63, 3.8) is 0 Å². The van der Waals surface area contributed by atoms with Gasteiger partial charge in [-0.25, -0.2) is 0 Å². The molecule has 16 heavy (non-hydrogen) atoms. The Morgan fingerprint density at radius 3 is 1.31 bits per heavy atom. The van der Waals surface area contributed by atoms with Crippen LogP contribution in [0.25, 0.3) is 0 Å². The van der Waals surface area contributed by atoms with Crippen molar-refractivity contribution in [2.75, 3.05) is 0 Å². The van der Waals surface area contributed by atoms with E-state index in [0.29, 0.717) is 11.8 Å². The topological polar surface area (TPSA) is 40.5 Å². The highest BCUT2D eigenvalue weighted by Gasteiger charge is 2.41. The lowest BCUT2D eigenvalue weighted by atomic mass is 9.65. The molecule has 0 spiro atoms. The fraction of sp³-hybridized carbons (Fsp3) is 1.00. The first-order valence-corrected chi connectivity index (χ1v) is 6.43. The molecule has 2 nitrogen and oxygen atoms in total. The van der Waals surface area contributed by atoms with E-state index >= 15 is 0 Å². The molecule has 98 valence electrons. The largest absolute Gasteiger partial charge is 0.366 e. The van der Waals surface area contributed by atoms with Crippen LogP contribution < -0.4 is 0 Å². The van der Waals surface area contributed by atoms with Crippen LogP contribution in [-0.4, -0.2) is 16.0 Å². The van der Waals surface area contributed by atoms with Crippen LogP contribution >= 0.6 is 0 Å². The summed E-state index contributed by atoms with van der Waals surface area (Å²) in [5.41, 5.74) is -0.0133. The van der Waals surface area contributed by atoms with Gasteiger partial charge >= 0.3 is 0 Å². The lowest BCUT2D eigenvalue weighted by Gasteiger charge is -2.43. The van der Waals surface area contributed by atoms with Gasteiger partial charge in [-0.1, -0.05) is 41.5 Å². The minimum absolute atomic E-state index is 0.0133. The van der Waals surface area contributed by atoms with E-state index in [-0.39, 0.29) is 11.3 Å². The third-order valence-corrected chi connectivity index (χ3v) is 3.61. The van der Waals surface area contributed by atoms with E-state index in [9.17, 15) is 10.2 Å². The van der Waals surface area contributed by atoms with Crippen LogP contribution in [0.3, 0.4) is 0 Å². The second kappa shape index (κ2) is 5.50. The van der Waals surface area contributed by atoms with Crippen LogP contribution in [-0.2, 0) is 0 Å². The maximum absolute atomic E-state index is 9.80. The van der Waals surface area contributed by atoms with Gasteiger partial charge in [0.2, 0.25) is 0 Å². The molecule has 2 heteroatoms. The molecule has 0 aromatic carbocycles. The second-order valence-electron chi connectivity index (χ2n) is 6.67. The molecule has 0 saturated heterocycles. The average molecular weight is 230 g/mol. The van der Waals surface area contributed by atoms with Crippen molar-refractivity contribution in [3.8, 4) is 0 Å².